The second-order valence-corrected chi connectivity index (χ2v) is 9.37. The van der Waals surface area contributed by atoms with Gasteiger partial charge in [0.15, 0.2) is 0 Å². The number of piperazine rings is 1. The molecule has 1 amide bonds. The molecule has 2 aromatic rings. The first-order valence-electron chi connectivity index (χ1n) is 11.6. The van der Waals surface area contributed by atoms with Gasteiger partial charge in [-0.05, 0) is 38.5 Å². The van der Waals surface area contributed by atoms with Crippen molar-refractivity contribution in [3.05, 3.63) is 48.1 Å². The summed E-state index contributed by atoms with van der Waals surface area (Å²) >= 11 is 0. The molecule has 0 saturated carbocycles. The topological polar surface area (TPSA) is 100 Å². The third-order valence-electron chi connectivity index (χ3n) is 7.22. The fraction of sp³-hybridized carbons (Fsp3) is 0.500. The molecule has 1 aromatic heterocycles. The average Bonchev–Trinajstić information content (AvgIpc) is 3.21. The Bertz CT molecular complexity index is 1130. The van der Waals surface area contributed by atoms with E-state index >= 15 is 0 Å². The standard InChI is InChI=1S/C24H30N8O/c1-15-13-32(22-11-23(33)28-21-14-30(9-6-25)29-24(21)22)16(2)12-31(15)17(3)18-4-5-19-20(10-18)27-8-7-26-19/h4-5,7-8,10,14-17,22,24,29H,9,11-13H2,1-3H3,(H,28,33)/t15-,16+,17-,22?,24?/m1/s1. The van der Waals surface area contributed by atoms with Crippen molar-refractivity contribution >= 4 is 16.9 Å². The highest BCUT2D eigenvalue weighted by Gasteiger charge is 2.44. The van der Waals surface area contributed by atoms with Crippen LogP contribution in [0.1, 0.15) is 38.8 Å². The molecule has 0 aliphatic carbocycles. The third-order valence-corrected chi connectivity index (χ3v) is 7.22. The zero-order valence-electron chi connectivity index (χ0n) is 19.3. The molecule has 0 radical (unpaired) electrons. The first kappa shape index (κ1) is 21.8. The number of aromatic nitrogens is 2. The first-order valence-corrected chi connectivity index (χ1v) is 11.6. The SMILES string of the molecule is C[C@@H]1CN(C2CC(=O)NC3=CN(CC#N)NC32)[C@@H](C)CN1[C@H](C)c1ccc2nccnc2c1. The van der Waals surface area contributed by atoms with Crippen LogP contribution in [0.15, 0.2) is 42.5 Å². The van der Waals surface area contributed by atoms with Gasteiger partial charge in [0.2, 0.25) is 5.91 Å². The average molecular weight is 447 g/mol. The number of nitrogens with one attached hydrogen (secondary N) is 2. The van der Waals surface area contributed by atoms with E-state index in [-0.39, 0.29) is 36.6 Å². The molecule has 9 nitrogen and oxygen atoms in total. The van der Waals surface area contributed by atoms with Crippen molar-refractivity contribution in [1.82, 2.24) is 35.5 Å². The number of nitrogens with zero attached hydrogens (tertiary/aromatic N) is 6. The molecule has 2 fully saturated rings. The number of rotatable bonds is 4. The highest BCUT2D eigenvalue weighted by atomic mass is 16.1. The zero-order chi connectivity index (χ0) is 23.1. The molecule has 2 unspecified atom stereocenters. The number of hydrogen-bond acceptors (Lipinski definition) is 8. The van der Waals surface area contributed by atoms with Gasteiger partial charge in [0.05, 0.1) is 28.8 Å². The highest BCUT2D eigenvalue weighted by molar-refractivity contribution is 5.80. The van der Waals surface area contributed by atoms with Gasteiger partial charge in [-0.15, -0.1) is 0 Å². The van der Waals surface area contributed by atoms with Crippen LogP contribution in [0.4, 0.5) is 0 Å². The lowest BCUT2D eigenvalue weighted by atomic mass is 9.92. The number of nitriles is 1. The van der Waals surface area contributed by atoms with Gasteiger partial charge >= 0.3 is 0 Å². The van der Waals surface area contributed by atoms with E-state index in [0.717, 1.165) is 29.8 Å². The number of carbonyl (C=O) groups excluding carboxylic acids is 1. The summed E-state index contributed by atoms with van der Waals surface area (Å²) in [6, 6.07) is 9.41. The Kier molecular flexibility index (Phi) is 5.74. The second kappa shape index (κ2) is 8.71. The van der Waals surface area contributed by atoms with E-state index < -0.39 is 0 Å². The predicted molar refractivity (Wildman–Crippen MR) is 124 cm³/mol. The lowest BCUT2D eigenvalue weighted by molar-refractivity contribution is -0.124. The Hall–Kier alpha value is -3.06. The Labute approximate surface area is 194 Å². The van der Waals surface area contributed by atoms with Crippen LogP contribution in [0, 0.1) is 11.3 Å². The van der Waals surface area contributed by atoms with Crippen LogP contribution < -0.4 is 10.7 Å². The molecule has 1 aromatic carbocycles. The third kappa shape index (κ3) is 4.06. The number of piperidine rings is 1. The fourth-order valence-electron chi connectivity index (χ4n) is 5.55. The Morgan fingerprint density at radius 2 is 1.97 bits per heavy atom. The highest BCUT2D eigenvalue weighted by Crippen LogP contribution is 2.32. The molecule has 9 heteroatoms. The van der Waals surface area contributed by atoms with E-state index in [9.17, 15) is 4.79 Å². The van der Waals surface area contributed by atoms with Crippen molar-refractivity contribution in [3.63, 3.8) is 0 Å². The predicted octanol–water partition coefficient (Wildman–Crippen LogP) is 1.53. The maximum atomic E-state index is 12.5. The van der Waals surface area contributed by atoms with Gasteiger partial charge in [0.1, 0.15) is 6.54 Å². The quantitative estimate of drug-likeness (QED) is 0.682. The summed E-state index contributed by atoms with van der Waals surface area (Å²) < 4.78 is 0. The van der Waals surface area contributed by atoms with E-state index in [4.69, 9.17) is 5.26 Å². The molecule has 4 heterocycles. The summed E-state index contributed by atoms with van der Waals surface area (Å²) in [7, 11) is 0. The number of amides is 1. The van der Waals surface area contributed by atoms with E-state index in [2.05, 4.69) is 69.5 Å². The molecule has 5 rings (SSSR count). The molecule has 2 N–H and O–H groups in total. The van der Waals surface area contributed by atoms with Crippen LogP contribution >= 0.6 is 0 Å². The van der Waals surface area contributed by atoms with Gasteiger partial charge in [0.25, 0.3) is 0 Å². The summed E-state index contributed by atoms with van der Waals surface area (Å²) in [5.41, 5.74) is 7.34. The van der Waals surface area contributed by atoms with Crippen LogP contribution in [0.2, 0.25) is 0 Å². The minimum atomic E-state index is -0.00580. The van der Waals surface area contributed by atoms with Crippen molar-refractivity contribution in [2.75, 3.05) is 19.6 Å². The lowest BCUT2D eigenvalue weighted by Crippen LogP contribution is -2.66. The molecule has 2 saturated heterocycles. The second-order valence-electron chi connectivity index (χ2n) is 9.37. The van der Waals surface area contributed by atoms with Crippen molar-refractivity contribution in [1.29, 1.82) is 5.26 Å². The van der Waals surface area contributed by atoms with Crippen molar-refractivity contribution in [2.45, 2.75) is 57.4 Å². The lowest BCUT2D eigenvalue weighted by Gasteiger charge is -2.51. The summed E-state index contributed by atoms with van der Waals surface area (Å²) in [6.07, 6.45) is 5.76. The fourth-order valence-corrected chi connectivity index (χ4v) is 5.55. The summed E-state index contributed by atoms with van der Waals surface area (Å²) in [5.74, 6) is 0.0380. The van der Waals surface area contributed by atoms with Crippen LogP contribution in [0.3, 0.4) is 0 Å². The smallest absolute Gasteiger partial charge is 0.225 e. The van der Waals surface area contributed by atoms with Gasteiger partial charge < -0.3 is 5.32 Å². The van der Waals surface area contributed by atoms with Gasteiger partial charge in [-0.1, -0.05) is 6.07 Å². The summed E-state index contributed by atoms with van der Waals surface area (Å²) in [5, 5.41) is 13.8. The molecular weight excluding hydrogens is 416 g/mol. The van der Waals surface area contributed by atoms with Gasteiger partial charge in [-0.25, -0.2) is 5.43 Å². The zero-order valence-corrected chi connectivity index (χ0v) is 19.3. The minimum absolute atomic E-state index is 0.00580. The Morgan fingerprint density at radius 3 is 2.76 bits per heavy atom. The van der Waals surface area contributed by atoms with Crippen molar-refractivity contribution in [3.8, 4) is 6.07 Å². The number of carbonyl (C=O) groups is 1. The van der Waals surface area contributed by atoms with Gasteiger partial charge in [-0.3, -0.25) is 29.6 Å². The summed E-state index contributed by atoms with van der Waals surface area (Å²) in [4.78, 5) is 26.3. The monoisotopic (exact) mass is 446 g/mol. The first-order chi connectivity index (χ1) is 15.9. The Balaban J connectivity index is 1.33. The molecule has 0 bridgehead atoms. The maximum absolute atomic E-state index is 12.5. The normalized spacial score (nSPS) is 29.3. The van der Waals surface area contributed by atoms with Gasteiger partial charge in [-0.2, -0.15) is 5.26 Å². The Morgan fingerprint density at radius 1 is 1.18 bits per heavy atom. The maximum Gasteiger partial charge on any atom is 0.225 e. The van der Waals surface area contributed by atoms with Crippen LogP contribution in [-0.2, 0) is 4.79 Å². The van der Waals surface area contributed by atoms with E-state index in [1.54, 1.807) is 17.4 Å². The summed E-state index contributed by atoms with van der Waals surface area (Å²) in [6.45, 7) is 8.79. The van der Waals surface area contributed by atoms with Crippen LogP contribution in [0.5, 0.6) is 0 Å². The van der Waals surface area contributed by atoms with E-state index in [1.807, 2.05) is 12.3 Å². The number of fused-ring (bicyclic) bond motifs is 2. The molecule has 3 aliphatic heterocycles. The molecule has 172 valence electrons. The molecule has 33 heavy (non-hydrogen) atoms. The van der Waals surface area contributed by atoms with Gasteiger partial charge in [0, 0.05) is 62.3 Å². The van der Waals surface area contributed by atoms with E-state index in [0.29, 0.717) is 12.5 Å². The van der Waals surface area contributed by atoms with E-state index in [1.165, 1.54) is 5.56 Å². The van der Waals surface area contributed by atoms with Crippen LogP contribution in [0.25, 0.3) is 11.0 Å². The van der Waals surface area contributed by atoms with Crippen molar-refractivity contribution < 1.29 is 4.79 Å². The number of hydrogen-bond donors (Lipinski definition) is 2. The number of benzene rings is 1. The molecular formula is C24H30N8O. The minimum Gasteiger partial charge on any atom is -0.327 e. The van der Waals surface area contributed by atoms with Crippen LogP contribution in [-0.4, -0.2) is 74.5 Å². The molecule has 5 atom stereocenters. The molecule has 0 spiro atoms. The molecule has 3 aliphatic rings. The van der Waals surface area contributed by atoms with Crippen molar-refractivity contribution in [2.24, 2.45) is 0 Å². The number of hydrazine groups is 1. The largest absolute Gasteiger partial charge is 0.327 e.